The van der Waals surface area contributed by atoms with Crippen LogP contribution in [0, 0.1) is 0 Å². The molecule has 22 heavy (non-hydrogen) atoms. The van der Waals surface area contributed by atoms with E-state index in [0.717, 1.165) is 25.2 Å². The highest BCUT2D eigenvalue weighted by molar-refractivity contribution is 5.13. The fourth-order valence-electron chi connectivity index (χ4n) is 2.12. The van der Waals surface area contributed by atoms with Gasteiger partial charge in [-0.15, -0.1) is 0 Å². The molecule has 0 bridgehead atoms. The zero-order valence-electron chi connectivity index (χ0n) is 13.1. The number of methoxy groups -OCH3 is 1. The molecule has 0 aliphatic carbocycles. The predicted molar refractivity (Wildman–Crippen MR) is 87.7 cm³/mol. The summed E-state index contributed by atoms with van der Waals surface area (Å²) >= 11 is 0. The minimum absolute atomic E-state index is 0.0624. The Morgan fingerprint density at radius 1 is 1.09 bits per heavy atom. The minimum Gasteiger partial charge on any atom is -0.378 e. The van der Waals surface area contributed by atoms with Gasteiger partial charge in [0.1, 0.15) is 0 Å². The molecule has 1 heterocycles. The van der Waals surface area contributed by atoms with Crippen LogP contribution in [-0.4, -0.2) is 37.9 Å². The standard InChI is InChI=1S/C18H24N2O2/c1-21-18(15-22-14-16-7-3-2-4-8-16)13-19-12-10-17-9-5-6-11-20-17/h2-9,11,18-19H,10,12-15H2,1H3. The highest BCUT2D eigenvalue weighted by Crippen LogP contribution is 2.02. The van der Waals surface area contributed by atoms with E-state index in [0.29, 0.717) is 13.2 Å². The molecule has 0 aliphatic rings. The summed E-state index contributed by atoms with van der Waals surface area (Å²) < 4.78 is 11.1. The van der Waals surface area contributed by atoms with Crippen LogP contribution >= 0.6 is 0 Å². The maximum Gasteiger partial charge on any atom is 0.0928 e. The first-order valence-corrected chi connectivity index (χ1v) is 7.63. The Kier molecular flexibility index (Phi) is 7.60. The van der Waals surface area contributed by atoms with Gasteiger partial charge >= 0.3 is 0 Å². The van der Waals surface area contributed by atoms with E-state index in [2.05, 4.69) is 22.4 Å². The molecule has 1 atom stereocenters. The Labute approximate surface area is 132 Å². The van der Waals surface area contributed by atoms with Crippen LogP contribution in [0.3, 0.4) is 0 Å². The lowest BCUT2D eigenvalue weighted by molar-refractivity contribution is 0.00293. The van der Waals surface area contributed by atoms with Crippen LogP contribution in [0.15, 0.2) is 54.7 Å². The van der Waals surface area contributed by atoms with E-state index in [-0.39, 0.29) is 6.10 Å². The maximum atomic E-state index is 5.71. The third-order valence-electron chi connectivity index (χ3n) is 3.40. The van der Waals surface area contributed by atoms with Crippen LogP contribution in [0.5, 0.6) is 0 Å². The van der Waals surface area contributed by atoms with Gasteiger partial charge in [-0.2, -0.15) is 0 Å². The van der Waals surface area contributed by atoms with E-state index in [9.17, 15) is 0 Å². The number of aromatic nitrogens is 1. The van der Waals surface area contributed by atoms with Gasteiger partial charge in [0, 0.05) is 38.5 Å². The molecule has 2 aromatic rings. The molecule has 0 saturated heterocycles. The number of hydrogen-bond donors (Lipinski definition) is 1. The van der Waals surface area contributed by atoms with Crippen LogP contribution in [-0.2, 0) is 22.5 Å². The van der Waals surface area contributed by atoms with Crippen LogP contribution in [0.4, 0.5) is 0 Å². The summed E-state index contributed by atoms with van der Waals surface area (Å²) in [5.74, 6) is 0. The third kappa shape index (κ3) is 6.35. The molecule has 2 rings (SSSR count). The lowest BCUT2D eigenvalue weighted by Gasteiger charge is -2.16. The Bertz CT molecular complexity index is 505. The molecule has 0 spiro atoms. The van der Waals surface area contributed by atoms with Crippen molar-refractivity contribution in [2.75, 3.05) is 26.8 Å². The summed E-state index contributed by atoms with van der Waals surface area (Å²) in [5, 5.41) is 3.39. The monoisotopic (exact) mass is 300 g/mol. The molecule has 4 nitrogen and oxygen atoms in total. The first-order valence-electron chi connectivity index (χ1n) is 7.63. The number of hydrogen-bond acceptors (Lipinski definition) is 4. The minimum atomic E-state index is 0.0624. The number of pyridine rings is 1. The fourth-order valence-corrected chi connectivity index (χ4v) is 2.12. The van der Waals surface area contributed by atoms with Gasteiger partial charge in [0.25, 0.3) is 0 Å². The zero-order chi connectivity index (χ0) is 15.5. The molecule has 1 unspecified atom stereocenters. The second-order valence-electron chi connectivity index (χ2n) is 5.13. The van der Waals surface area contributed by atoms with Crippen molar-refractivity contribution in [3.8, 4) is 0 Å². The van der Waals surface area contributed by atoms with Crippen molar-refractivity contribution in [2.24, 2.45) is 0 Å². The molecule has 118 valence electrons. The SMILES string of the molecule is COC(CNCCc1ccccn1)COCc1ccccc1. The third-order valence-corrected chi connectivity index (χ3v) is 3.40. The summed E-state index contributed by atoms with van der Waals surface area (Å²) in [6.07, 6.45) is 2.81. The van der Waals surface area contributed by atoms with E-state index in [1.54, 1.807) is 7.11 Å². The molecular formula is C18H24N2O2. The van der Waals surface area contributed by atoms with Gasteiger partial charge in [0.2, 0.25) is 0 Å². The van der Waals surface area contributed by atoms with Crippen molar-refractivity contribution >= 4 is 0 Å². The Morgan fingerprint density at radius 2 is 1.91 bits per heavy atom. The van der Waals surface area contributed by atoms with Crippen molar-refractivity contribution < 1.29 is 9.47 Å². The summed E-state index contributed by atoms with van der Waals surface area (Å²) in [7, 11) is 1.72. The van der Waals surface area contributed by atoms with Gasteiger partial charge in [-0.1, -0.05) is 36.4 Å². The number of benzene rings is 1. The van der Waals surface area contributed by atoms with Crippen molar-refractivity contribution in [1.29, 1.82) is 0 Å². The molecule has 0 amide bonds. The van der Waals surface area contributed by atoms with Gasteiger partial charge < -0.3 is 14.8 Å². The summed E-state index contributed by atoms with van der Waals surface area (Å²) in [6.45, 7) is 2.87. The van der Waals surface area contributed by atoms with E-state index < -0.39 is 0 Å². The molecule has 0 saturated carbocycles. The smallest absolute Gasteiger partial charge is 0.0928 e. The Hall–Kier alpha value is -1.75. The molecule has 0 radical (unpaired) electrons. The van der Waals surface area contributed by atoms with Gasteiger partial charge in [0.05, 0.1) is 19.3 Å². The highest BCUT2D eigenvalue weighted by Gasteiger charge is 2.07. The van der Waals surface area contributed by atoms with Crippen molar-refractivity contribution in [1.82, 2.24) is 10.3 Å². The topological polar surface area (TPSA) is 43.4 Å². The predicted octanol–water partition coefficient (Wildman–Crippen LogP) is 2.45. The van der Waals surface area contributed by atoms with Crippen LogP contribution in [0.25, 0.3) is 0 Å². The van der Waals surface area contributed by atoms with E-state index >= 15 is 0 Å². The van der Waals surface area contributed by atoms with Crippen molar-refractivity contribution in [2.45, 2.75) is 19.1 Å². The summed E-state index contributed by atoms with van der Waals surface area (Å²) in [5.41, 5.74) is 2.28. The molecule has 0 aliphatic heterocycles. The van der Waals surface area contributed by atoms with Crippen LogP contribution in [0.1, 0.15) is 11.3 Å². The average Bonchev–Trinajstić information content (AvgIpc) is 2.59. The normalized spacial score (nSPS) is 12.2. The molecule has 4 heteroatoms. The van der Waals surface area contributed by atoms with Crippen LogP contribution < -0.4 is 5.32 Å². The highest BCUT2D eigenvalue weighted by atomic mass is 16.5. The largest absolute Gasteiger partial charge is 0.378 e. The quantitative estimate of drug-likeness (QED) is 0.685. The molecule has 1 N–H and O–H groups in total. The van der Waals surface area contributed by atoms with Gasteiger partial charge in [-0.25, -0.2) is 0 Å². The lowest BCUT2D eigenvalue weighted by atomic mass is 10.2. The Balaban J connectivity index is 1.58. The van der Waals surface area contributed by atoms with Gasteiger partial charge in [0.15, 0.2) is 0 Å². The van der Waals surface area contributed by atoms with E-state index in [1.165, 1.54) is 5.56 Å². The molecule has 1 aromatic carbocycles. The van der Waals surface area contributed by atoms with E-state index in [4.69, 9.17) is 9.47 Å². The van der Waals surface area contributed by atoms with Crippen molar-refractivity contribution in [3.05, 3.63) is 66.0 Å². The van der Waals surface area contributed by atoms with Crippen molar-refractivity contribution in [3.63, 3.8) is 0 Å². The Morgan fingerprint density at radius 3 is 2.64 bits per heavy atom. The van der Waals surface area contributed by atoms with Gasteiger partial charge in [-0.05, 0) is 17.7 Å². The second kappa shape index (κ2) is 10.1. The molecule has 0 fully saturated rings. The summed E-state index contributed by atoms with van der Waals surface area (Å²) in [4.78, 5) is 4.30. The maximum absolute atomic E-state index is 5.71. The number of nitrogens with zero attached hydrogens (tertiary/aromatic N) is 1. The zero-order valence-corrected chi connectivity index (χ0v) is 13.1. The van der Waals surface area contributed by atoms with Crippen LogP contribution in [0.2, 0.25) is 0 Å². The number of rotatable bonds is 10. The first-order chi connectivity index (χ1) is 10.9. The first kappa shape index (κ1) is 16.6. The molecule has 1 aromatic heterocycles. The van der Waals surface area contributed by atoms with E-state index in [1.807, 2.05) is 42.6 Å². The van der Waals surface area contributed by atoms with Gasteiger partial charge in [-0.3, -0.25) is 4.98 Å². The fraction of sp³-hybridized carbons (Fsp3) is 0.389. The lowest BCUT2D eigenvalue weighted by Crippen LogP contribution is -2.33. The second-order valence-corrected chi connectivity index (χ2v) is 5.13. The number of ether oxygens (including phenoxy) is 2. The number of nitrogens with one attached hydrogen (secondary N) is 1. The molecular weight excluding hydrogens is 276 g/mol. The summed E-state index contributed by atoms with van der Waals surface area (Å²) in [6, 6.07) is 16.2. The average molecular weight is 300 g/mol.